The van der Waals surface area contributed by atoms with Gasteiger partial charge in [0.25, 0.3) is 5.91 Å². The van der Waals surface area contributed by atoms with Crippen LogP contribution >= 0.6 is 0 Å². The van der Waals surface area contributed by atoms with Crippen LogP contribution in [0.2, 0.25) is 0 Å². The second kappa shape index (κ2) is 11.8. The molecule has 1 aliphatic rings. The number of rotatable bonds is 13. The van der Waals surface area contributed by atoms with Crippen molar-refractivity contribution in [3.05, 3.63) is 46.9 Å². The van der Waals surface area contributed by atoms with E-state index in [-0.39, 0.29) is 11.9 Å². The Labute approximate surface area is 196 Å². The van der Waals surface area contributed by atoms with Gasteiger partial charge in [0, 0.05) is 37.1 Å². The summed E-state index contributed by atoms with van der Waals surface area (Å²) >= 11 is 0. The molecule has 1 aromatic heterocycles. The number of ether oxygens (including phenoxy) is 3. The van der Waals surface area contributed by atoms with Crippen LogP contribution in [-0.2, 0) is 16.0 Å². The number of esters is 1. The molecule has 1 amide bonds. The van der Waals surface area contributed by atoms with Gasteiger partial charge in [0.05, 0.1) is 21.3 Å². The van der Waals surface area contributed by atoms with Crippen molar-refractivity contribution in [1.82, 2.24) is 4.90 Å². The van der Waals surface area contributed by atoms with Crippen LogP contribution in [0.1, 0.15) is 71.9 Å². The lowest BCUT2D eigenvalue weighted by molar-refractivity contribution is -0.140. The Morgan fingerprint density at radius 3 is 2.21 bits per heavy atom. The number of benzene rings is 1. The summed E-state index contributed by atoms with van der Waals surface area (Å²) in [5.41, 5.74) is 1.60. The first-order chi connectivity index (χ1) is 16.0. The van der Waals surface area contributed by atoms with E-state index >= 15 is 0 Å². The van der Waals surface area contributed by atoms with Crippen molar-refractivity contribution in [1.29, 1.82) is 0 Å². The highest BCUT2D eigenvalue weighted by atomic mass is 16.5. The first-order valence-electron chi connectivity index (χ1n) is 11.6. The molecule has 0 bridgehead atoms. The van der Waals surface area contributed by atoms with Crippen LogP contribution in [0, 0.1) is 6.92 Å². The van der Waals surface area contributed by atoms with Crippen molar-refractivity contribution in [2.75, 3.05) is 34.4 Å². The van der Waals surface area contributed by atoms with Crippen LogP contribution in [0.25, 0.3) is 0 Å². The summed E-state index contributed by atoms with van der Waals surface area (Å²) in [6.07, 6.45) is 5.49. The highest BCUT2D eigenvalue weighted by molar-refractivity contribution is 5.95. The lowest BCUT2D eigenvalue weighted by atomic mass is 10.0. The number of carbonyl (C=O) groups is 2. The number of unbranched alkanes of at least 4 members (excludes halogenated alkanes) is 1. The van der Waals surface area contributed by atoms with E-state index in [4.69, 9.17) is 18.6 Å². The molecule has 7 nitrogen and oxygen atoms in total. The van der Waals surface area contributed by atoms with Gasteiger partial charge in [0.15, 0.2) is 0 Å². The van der Waals surface area contributed by atoms with Crippen molar-refractivity contribution in [2.45, 2.75) is 57.8 Å². The van der Waals surface area contributed by atoms with Gasteiger partial charge >= 0.3 is 5.97 Å². The minimum absolute atomic E-state index is 0.0670. The van der Waals surface area contributed by atoms with E-state index in [1.807, 2.05) is 36.1 Å². The van der Waals surface area contributed by atoms with E-state index in [0.29, 0.717) is 48.9 Å². The van der Waals surface area contributed by atoms with Gasteiger partial charge < -0.3 is 23.5 Å². The topological polar surface area (TPSA) is 78.2 Å². The average molecular weight is 458 g/mol. The molecule has 1 aromatic carbocycles. The minimum atomic E-state index is -0.230. The standard InChI is InChI=1S/C26H35NO6/c1-18-10-13-21(33-18)8-7-15-27(14-6-5-9-24(28)32-4)26(29)20-16-22(30-2)25(19-11-12-19)23(17-20)31-3/h10,13,16-17,19H,5-9,11-12,14-15H2,1-4H3. The molecule has 0 N–H and O–H groups in total. The van der Waals surface area contributed by atoms with Gasteiger partial charge in [-0.25, -0.2) is 0 Å². The number of furan rings is 1. The van der Waals surface area contributed by atoms with Gasteiger partial charge in [-0.1, -0.05) is 0 Å². The van der Waals surface area contributed by atoms with Gasteiger partial charge in [0.2, 0.25) is 0 Å². The molecule has 1 saturated carbocycles. The van der Waals surface area contributed by atoms with E-state index in [9.17, 15) is 9.59 Å². The second-order valence-corrected chi connectivity index (χ2v) is 8.51. The smallest absolute Gasteiger partial charge is 0.305 e. The normalized spacial score (nSPS) is 13.0. The maximum atomic E-state index is 13.5. The zero-order chi connectivity index (χ0) is 23.8. The third-order valence-electron chi connectivity index (χ3n) is 6.00. The fraction of sp³-hybridized carbons (Fsp3) is 0.538. The third kappa shape index (κ3) is 6.76. The first kappa shape index (κ1) is 24.7. The molecule has 180 valence electrons. The predicted molar refractivity (Wildman–Crippen MR) is 125 cm³/mol. The van der Waals surface area contributed by atoms with Crippen LogP contribution in [0.4, 0.5) is 0 Å². The summed E-state index contributed by atoms with van der Waals surface area (Å²) in [5.74, 6) is 3.35. The highest BCUT2D eigenvalue weighted by Gasteiger charge is 2.31. The van der Waals surface area contributed by atoms with Crippen molar-refractivity contribution in [3.63, 3.8) is 0 Å². The Morgan fingerprint density at radius 1 is 1.00 bits per heavy atom. The monoisotopic (exact) mass is 457 g/mol. The van der Waals surface area contributed by atoms with E-state index in [1.165, 1.54) is 7.11 Å². The number of carbonyl (C=O) groups excluding carboxylic acids is 2. The summed E-state index contributed by atoms with van der Waals surface area (Å²) in [6, 6.07) is 7.58. The highest BCUT2D eigenvalue weighted by Crippen LogP contribution is 2.49. The van der Waals surface area contributed by atoms with Crippen LogP contribution in [-0.4, -0.2) is 51.2 Å². The van der Waals surface area contributed by atoms with E-state index in [1.54, 1.807) is 14.2 Å². The van der Waals surface area contributed by atoms with E-state index in [0.717, 1.165) is 49.2 Å². The molecule has 0 spiro atoms. The van der Waals surface area contributed by atoms with Crippen LogP contribution in [0.15, 0.2) is 28.7 Å². The maximum Gasteiger partial charge on any atom is 0.305 e. The van der Waals surface area contributed by atoms with Gasteiger partial charge in [0.1, 0.15) is 23.0 Å². The average Bonchev–Trinajstić information content (AvgIpc) is 3.59. The maximum absolute atomic E-state index is 13.5. The van der Waals surface area contributed by atoms with Crippen molar-refractivity contribution < 1.29 is 28.2 Å². The third-order valence-corrected chi connectivity index (χ3v) is 6.00. The summed E-state index contributed by atoms with van der Waals surface area (Å²) < 4.78 is 21.6. The van der Waals surface area contributed by atoms with Gasteiger partial charge in [-0.3, -0.25) is 9.59 Å². The summed E-state index contributed by atoms with van der Waals surface area (Å²) in [7, 11) is 4.65. The van der Waals surface area contributed by atoms with Crippen LogP contribution < -0.4 is 9.47 Å². The van der Waals surface area contributed by atoms with Crippen molar-refractivity contribution >= 4 is 11.9 Å². The number of aryl methyl sites for hydroxylation is 2. The largest absolute Gasteiger partial charge is 0.496 e. The number of methoxy groups -OCH3 is 3. The van der Waals surface area contributed by atoms with Gasteiger partial charge in [-0.05, 0) is 69.2 Å². The summed E-state index contributed by atoms with van der Waals surface area (Å²) in [4.78, 5) is 26.8. The molecule has 0 radical (unpaired) electrons. The zero-order valence-corrected chi connectivity index (χ0v) is 20.1. The van der Waals surface area contributed by atoms with Gasteiger partial charge in [-0.2, -0.15) is 0 Å². The lowest BCUT2D eigenvalue weighted by Crippen LogP contribution is -2.33. The molecule has 33 heavy (non-hydrogen) atoms. The second-order valence-electron chi connectivity index (χ2n) is 8.51. The molecular formula is C26H35NO6. The summed E-state index contributed by atoms with van der Waals surface area (Å²) in [6.45, 7) is 3.07. The summed E-state index contributed by atoms with van der Waals surface area (Å²) in [5, 5.41) is 0. The number of hydrogen-bond donors (Lipinski definition) is 0. The Hall–Kier alpha value is -2.96. The van der Waals surface area contributed by atoms with E-state index in [2.05, 4.69) is 0 Å². The Morgan fingerprint density at radius 2 is 1.67 bits per heavy atom. The molecule has 0 atom stereocenters. The molecule has 0 aliphatic heterocycles. The quantitative estimate of drug-likeness (QED) is 0.314. The number of amides is 1. The Kier molecular flexibility index (Phi) is 8.80. The molecule has 0 unspecified atom stereocenters. The SMILES string of the molecule is COC(=O)CCCCN(CCCc1ccc(C)o1)C(=O)c1cc(OC)c(C2CC2)c(OC)c1. The van der Waals surface area contributed by atoms with Gasteiger partial charge in [-0.15, -0.1) is 0 Å². The molecule has 1 fully saturated rings. The molecule has 2 aromatic rings. The fourth-order valence-electron chi connectivity index (χ4n) is 4.07. The number of hydrogen-bond acceptors (Lipinski definition) is 6. The molecule has 3 rings (SSSR count). The molecule has 1 heterocycles. The van der Waals surface area contributed by atoms with Crippen LogP contribution in [0.5, 0.6) is 11.5 Å². The van der Waals surface area contributed by atoms with Crippen molar-refractivity contribution in [3.8, 4) is 11.5 Å². The zero-order valence-electron chi connectivity index (χ0n) is 20.1. The fourth-order valence-corrected chi connectivity index (χ4v) is 4.07. The van der Waals surface area contributed by atoms with Crippen molar-refractivity contribution in [2.24, 2.45) is 0 Å². The molecule has 0 saturated heterocycles. The predicted octanol–water partition coefficient (Wildman–Crippen LogP) is 4.90. The minimum Gasteiger partial charge on any atom is -0.496 e. The van der Waals surface area contributed by atoms with E-state index < -0.39 is 0 Å². The molecule has 7 heteroatoms. The Balaban J connectivity index is 1.72. The first-order valence-corrected chi connectivity index (χ1v) is 11.6. The molecule has 1 aliphatic carbocycles. The Bertz CT molecular complexity index is 921. The number of nitrogens with zero attached hydrogens (tertiary/aromatic N) is 1. The molecular weight excluding hydrogens is 422 g/mol. The van der Waals surface area contributed by atoms with Crippen LogP contribution in [0.3, 0.4) is 0 Å². The lowest BCUT2D eigenvalue weighted by Gasteiger charge is -2.24.